The third kappa shape index (κ3) is 4.98. The first-order valence-electron chi connectivity index (χ1n) is 10.5. The van der Waals surface area contributed by atoms with E-state index in [2.05, 4.69) is 4.74 Å². The first kappa shape index (κ1) is 23.2. The highest BCUT2D eigenvalue weighted by Gasteiger charge is 2.56. The van der Waals surface area contributed by atoms with Crippen LogP contribution in [-0.4, -0.2) is 43.3 Å². The molecule has 1 N–H and O–H groups in total. The molecular formula is C21H25F3O7S. The normalized spacial score (nSPS) is 31.4. The van der Waals surface area contributed by atoms with E-state index in [0.717, 1.165) is 43.9 Å². The number of alkyl halides is 3. The summed E-state index contributed by atoms with van der Waals surface area (Å²) in [5, 5.41) is 0. The van der Waals surface area contributed by atoms with Gasteiger partial charge in [0.05, 0.1) is 5.56 Å². The molecule has 11 heteroatoms. The highest BCUT2D eigenvalue weighted by atomic mass is 32.2. The lowest BCUT2D eigenvalue weighted by Crippen LogP contribution is -2.59. The molecule has 0 amide bonds. The van der Waals surface area contributed by atoms with Crippen molar-refractivity contribution < 1.29 is 45.1 Å². The van der Waals surface area contributed by atoms with Crippen molar-refractivity contribution in [1.82, 2.24) is 0 Å². The molecule has 0 atom stereocenters. The van der Waals surface area contributed by atoms with Gasteiger partial charge in [-0.05, 0) is 80.9 Å². The van der Waals surface area contributed by atoms with Crippen molar-refractivity contribution in [2.75, 3.05) is 12.4 Å². The SMILES string of the molecule is CC1(Oc2cc(C(=O)OCCS(=O)(=O)O)ccc2OC(F)(F)F)C2CC3CC(C2)CC1C3. The average Bonchev–Trinajstić information content (AvgIpc) is 2.65. The zero-order chi connectivity index (χ0) is 23.3. The van der Waals surface area contributed by atoms with Gasteiger partial charge in [0.1, 0.15) is 18.0 Å². The van der Waals surface area contributed by atoms with Gasteiger partial charge >= 0.3 is 12.3 Å². The van der Waals surface area contributed by atoms with E-state index in [9.17, 15) is 26.4 Å². The second-order valence-electron chi connectivity index (χ2n) is 9.22. The van der Waals surface area contributed by atoms with E-state index < -0.39 is 46.2 Å². The minimum Gasteiger partial charge on any atom is -0.483 e. The van der Waals surface area contributed by atoms with E-state index in [1.165, 1.54) is 6.42 Å². The zero-order valence-corrected chi connectivity index (χ0v) is 18.2. The summed E-state index contributed by atoms with van der Waals surface area (Å²) in [6.07, 6.45) is 0.135. The molecule has 178 valence electrons. The molecule has 32 heavy (non-hydrogen) atoms. The topological polar surface area (TPSA) is 99.1 Å². The fraction of sp³-hybridized carbons (Fsp3) is 0.667. The first-order chi connectivity index (χ1) is 14.8. The third-order valence-electron chi connectivity index (χ3n) is 7.07. The fourth-order valence-corrected chi connectivity index (χ4v) is 6.06. The number of carbonyl (C=O) groups is 1. The summed E-state index contributed by atoms with van der Waals surface area (Å²) in [4.78, 5) is 12.3. The van der Waals surface area contributed by atoms with Crippen LogP contribution in [0.3, 0.4) is 0 Å². The molecule has 1 aromatic rings. The maximum absolute atomic E-state index is 13.0. The minimum absolute atomic E-state index is 0.114. The van der Waals surface area contributed by atoms with Crippen LogP contribution in [0.5, 0.6) is 11.5 Å². The predicted octanol–water partition coefficient (Wildman–Crippen LogP) is 4.22. The van der Waals surface area contributed by atoms with Crippen LogP contribution in [-0.2, 0) is 14.9 Å². The minimum atomic E-state index is -4.94. The Balaban J connectivity index is 1.58. The first-order valence-corrected chi connectivity index (χ1v) is 12.1. The Bertz CT molecular complexity index is 962. The lowest BCUT2D eigenvalue weighted by molar-refractivity contribution is -0.275. The maximum Gasteiger partial charge on any atom is 0.573 e. The molecule has 4 bridgehead atoms. The quantitative estimate of drug-likeness (QED) is 0.463. The van der Waals surface area contributed by atoms with E-state index in [0.29, 0.717) is 11.8 Å². The Morgan fingerprint density at radius 2 is 1.69 bits per heavy atom. The fourth-order valence-electron chi connectivity index (χ4n) is 5.77. The number of rotatable bonds is 7. The standard InChI is InChI=1S/C21H25F3O7S/c1-20(15-7-12-6-13(9-15)10-16(20)8-12)30-18-11-14(2-3-17(18)31-21(22,23)24)19(25)29-4-5-32(26,27)28/h2-3,11-13,15-16H,4-10H2,1H3,(H,26,27,28). The van der Waals surface area contributed by atoms with Crippen LogP contribution in [0, 0.1) is 23.7 Å². The second kappa shape index (κ2) is 8.09. The molecule has 1 aromatic carbocycles. The van der Waals surface area contributed by atoms with Crippen LogP contribution in [0.4, 0.5) is 13.2 Å². The molecule has 5 rings (SSSR count). The Kier molecular flexibility index (Phi) is 5.85. The van der Waals surface area contributed by atoms with Crippen LogP contribution in [0.15, 0.2) is 18.2 Å². The number of hydrogen-bond donors (Lipinski definition) is 1. The summed E-state index contributed by atoms with van der Waals surface area (Å²) in [6, 6.07) is 3.21. The summed E-state index contributed by atoms with van der Waals surface area (Å²) in [6.45, 7) is 1.33. The van der Waals surface area contributed by atoms with Gasteiger partial charge in [-0.25, -0.2) is 4.79 Å². The lowest BCUT2D eigenvalue weighted by atomic mass is 9.50. The number of benzene rings is 1. The second-order valence-corrected chi connectivity index (χ2v) is 10.8. The number of halogens is 3. The van der Waals surface area contributed by atoms with Crippen LogP contribution in [0.25, 0.3) is 0 Å². The van der Waals surface area contributed by atoms with Gasteiger partial charge < -0.3 is 14.2 Å². The summed E-state index contributed by atoms with van der Waals surface area (Å²) in [7, 11) is -4.32. The van der Waals surface area contributed by atoms with Gasteiger partial charge in [-0.3, -0.25) is 4.55 Å². The van der Waals surface area contributed by atoms with Crippen molar-refractivity contribution in [1.29, 1.82) is 0 Å². The van der Waals surface area contributed by atoms with Crippen molar-refractivity contribution in [3.8, 4) is 11.5 Å². The monoisotopic (exact) mass is 478 g/mol. The molecule has 0 radical (unpaired) electrons. The van der Waals surface area contributed by atoms with Crippen molar-refractivity contribution in [2.24, 2.45) is 23.7 Å². The third-order valence-corrected chi connectivity index (χ3v) is 7.75. The van der Waals surface area contributed by atoms with E-state index in [1.807, 2.05) is 6.92 Å². The molecule has 4 saturated carbocycles. The van der Waals surface area contributed by atoms with Gasteiger partial charge in [0.2, 0.25) is 0 Å². The Labute approximate surface area is 184 Å². The average molecular weight is 478 g/mol. The molecule has 4 aliphatic carbocycles. The predicted molar refractivity (Wildman–Crippen MR) is 106 cm³/mol. The van der Waals surface area contributed by atoms with Crippen molar-refractivity contribution >= 4 is 16.1 Å². The van der Waals surface area contributed by atoms with Crippen molar-refractivity contribution in [3.05, 3.63) is 23.8 Å². The van der Waals surface area contributed by atoms with E-state index in [-0.39, 0.29) is 23.1 Å². The molecule has 4 fully saturated rings. The highest BCUT2D eigenvalue weighted by molar-refractivity contribution is 7.85. The Morgan fingerprint density at radius 1 is 1.09 bits per heavy atom. The molecule has 0 aromatic heterocycles. The van der Waals surface area contributed by atoms with Crippen LogP contribution < -0.4 is 9.47 Å². The Morgan fingerprint density at radius 3 is 2.22 bits per heavy atom. The summed E-state index contributed by atoms with van der Waals surface area (Å²) in [5.41, 5.74) is -0.790. The van der Waals surface area contributed by atoms with Gasteiger partial charge in [-0.15, -0.1) is 13.2 Å². The molecular weight excluding hydrogens is 453 g/mol. The molecule has 4 aliphatic rings. The zero-order valence-electron chi connectivity index (χ0n) is 17.4. The van der Waals surface area contributed by atoms with Crippen LogP contribution >= 0.6 is 0 Å². The van der Waals surface area contributed by atoms with Crippen molar-refractivity contribution in [2.45, 2.75) is 51.0 Å². The number of hydrogen-bond acceptors (Lipinski definition) is 6. The maximum atomic E-state index is 13.0. The van der Waals surface area contributed by atoms with Gasteiger partial charge in [0.25, 0.3) is 10.1 Å². The smallest absolute Gasteiger partial charge is 0.483 e. The van der Waals surface area contributed by atoms with Crippen LogP contribution in [0.2, 0.25) is 0 Å². The molecule has 0 aliphatic heterocycles. The molecule has 0 spiro atoms. The largest absolute Gasteiger partial charge is 0.573 e. The summed E-state index contributed by atoms with van der Waals surface area (Å²) >= 11 is 0. The van der Waals surface area contributed by atoms with Gasteiger partial charge in [-0.1, -0.05) is 0 Å². The van der Waals surface area contributed by atoms with Crippen LogP contribution in [0.1, 0.15) is 49.4 Å². The Hall–Kier alpha value is -2.01. The lowest BCUT2D eigenvalue weighted by Gasteiger charge is -2.59. The van der Waals surface area contributed by atoms with Gasteiger partial charge in [0, 0.05) is 0 Å². The van der Waals surface area contributed by atoms with E-state index >= 15 is 0 Å². The van der Waals surface area contributed by atoms with Gasteiger partial charge in [-0.2, -0.15) is 8.42 Å². The van der Waals surface area contributed by atoms with E-state index in [4.69, 9.17) is 14.0 Å². The number of carbonyl (C=O) groups excluding carboxylic acids is 1. The number of ether oxygens (including phenoxy) is 3. The van der Waals surface area contributed by atoms with E-state index in [1.54, 1.807) is 0 Å². The molecule has 0 unspecified atom stereocenters. The van der Waals surface area contributed by atoms with Crippen molar-refractivity contribution in [3.63, 3.8) is 0 Å². The number of esters is 1. The molecule has 0 heterocycles. The highest BCUT2D eigenvalue weighted by Crippen LogP contribution is 2.59. The molecule has 0 saturated heterocycles. The summed E-state index contributed by atoms with van der Waals surface area (Å²) < 4.78 is 84.4. The molecule has 7 nitrogen and oxygen atoms in total. The van der Waals surface area contributed by atoms with Gasteiger partial charge in [0.15, 0.2) is 11.5 Å². The summed E-state index contributed by atoms with van der Waals surface area (Å²) in [5.74, 6) is -0.823.